The van der Waals surface area contributed by atoms with E-state index in [1.807, 2.05) is 22.6 Å². The zero-order chi connectivity index (χ0) is 13.0. The third-order valence-electron chi connectivity index (χ3n) is 1.66. The Kier molecular flexibility index (Phi) is 4.65. The number of nitrogens with two attached hydrogens (primary N) is 1. The zero-order valence-corrected chi connectivity index (χ0v) is 11.2. The second-order valence-electron chi connectivity index (χ2n) is 2.84. The molecule has 8 heteroatoms. The van der Waals surface area contributed by atoms with Gasteiger partial charge in [-0.3, -0.25) is 10.8 Å². The quantitative estimate of drug-likeness (QED) is 0.252. The molecule has 0 bridgehead atoms. The minimum absolute atomic E-state index is 0.0489. The average Bonchev–Trinajstić information content (AvgIpc) is 2.25. The predicted octanol–water partition coefficient (Wildman–Crippen LogP) is 2.31. The van der Waals surface area contributed by atoms with Crippen LogP contribution in [-0.4, -0.2) is 11.5 Å². The topological polar surface area (TPSA) is 98.0 Å². The molecule has 1 aromatic carbocycles. The molecule has 88 valence electrons. The van der Waals surface area contributed by atoms with Gasteiger partial charge in [-0.1, -0.05) is 11.6 Å². The van der Waals surface area contributed by atoms with Crippen molar-refractivity contribution < 1.29 is 4.39 Å². The second kappa shape index (κ2) is 5.79. The highest BCUT2D eigenvalue weighted by atomic mass is 127. The Balaban J connectivity index is 3.01. The fraction of sp³-hybridized carbons (Fsp3) is 0. The highest BCUT2D eigenvalue weighted by Crippen LogP contribution is 2.25. The van der Waals surface area contributed by atoms with Crippen molar-refractivity contribution in [1.82, 2.24) is 0 Å². The molecule has 0 radical (unpaired) electrons. The van der Waals surface area contributed by atoms with Gasteiger partial charge in [-0.25, -0.2) is 4.39 Å². The maximum Gasteiger partial charge on any atom is 0.201 e. The Bertz CT molecular complexity index is 537. The monoisotopic (exact) mass is 365 g/mol. The number of halogens is 3. The molecule has 17 heavy (non-hydrogen) atoms. The molecule has 0 atom stereocenters. The van der Waals surface area contributed by atoms with Gasteiger partial charge >= 0.3 is 0 Å². The molecule has 0 aliphatic rings. The molecular formula is C9H6ClFIN5. The standard InChI is InChI=1S/C9H6ClFIN5/c10-4-1-5(11)7(2-6(4)12)16-17-8(3-13)9(14)15/h1-2,16H,(H3,14,15)/b17-8+. The van der Waals surface area contributed by atoms with E-state index < -0.39 is 11.7 Å². The Labute approximate surface area is 115 Å². The number of hydrogen-bond donors (Lipinski definition) is 3. The van der Waals surface area contributed by atoms with Crippen LogP contribution in [0.15, 0.2) is 17.2 Å². The van der Waals surface area contributed by atoms with E-state index >= 15 is 0 Å². The van der Waals surface area contributed by atoms with Gasteiger partial charge in [0, 0.05) is 3.57 Å². The van der Waals surface area contributed by atoms with Gasteiger partial charge in [0.1, 0.15) is 11.9 Å². The summed E-state index contributed by atoms with van der Waals surface area (Å²) < 4.78 is 14.0. The SMILES string of the molecule is N#C/C(=N\Nc1cc(I)c(Cl)cc1F)C(=N)N. The lowest BCUT2D eigenvalue weighted by Gasteiger charge is -2.04. The maximum absolute atomic E-state index is 13.4. The molecule has 5 nitrogen and oxygen atoms in total. The summed E-state index contributed by atoms with van der Waals surface area (Å²) in [7, 11) is 0. The van der Waals surface area contributed by atoms with Gasteiger partial charge < -0.3 is 5.73 Å². The number of nitrogens with zero attached hydrogens (tertiary/aromatic N) is 2. The number of hydrogen-bond acceptors (Lipinski definition) is 4. The second-order valence-corrected chi connectivity index (χ2v) is 4.41. The van der Waals surface area contributed by atoms with Crippen LogP contribution in [0.2, 0.25) is 5.02 Å². The fourth-order valence-electron chi connectivity index (χ4n) is 0.870. The van der Waals surface area contributed by atoms with Crippen LogP contribution in [0.25, 0.3) is 0 Å². The van der Waals surface area contributed by atoms with Crippen molar-refractivity contribution in [3.8, 4) is 6.07 Å². The van der Waals surface area contributed by atoms with E-state index in [-0.39, 0.29) is 16.4 Å². The summed E-state index contributed by atoms with van der Waals surface area (Å²) in [6, 6.07) is 4.16. The normalized spacial score (nSPS) is 10.8. The molecule has 0 aliphatic heterocycles. The van der Waals surface area contributed by atoms with Gasteiger partial charge in [0.05, 0.1) is 10.7 Å². The Morgan fingerprint density at radius 3 is 2.82 bits per heavy atom. The Morgan fingerprint density at radius 1 is 1.65 bits per heavy atom. The van der Waals surface area contributed by atoms with Crippen LogP contribution in [0.3, 0.4) is 0 Å². The minimum Gasteiger partial charge on any atom is -0.382 e. The molecule has 0 amide bonds. The van der Waals surface area contributed by atoms with E-state index in [4.69, 9.17) is 28.0 Å². The lowest BCUT2D eigenvalue weighted by atomic mass is 10.3. The third kappa shape index (κ3) is 3.54. The fourth-order valence-corrected chi connectivity index (χ4v) is 1.49. The largest absolute Gasteiger partial charge is 0.382 e. The molecular weight excluding hydrogens is 359 g/mol. The predicted molar refractivity (Wildman–Crippen MR) is 72.7 cm³/mol. The van der Waals surface area contributed by atoms with Crippen molar-refractivity contribution in [2.75, 3.05) is 5.43 Å². The van der Waals surface area contributed by atoms with E-state index in [1.165, 1.54) is 6.07 Å². The number of hydrazone groups is 1. The first-order valence-corrected chi connectivity index (χ1v) is 5.64. The molecule has 0 heterocycles. The summed E-state index contributed by atoms with van der Waals surface area (Å²) in [5.41, 5.74) is 7.12. The van der Waals surface area contributed by atoms with Gasteiger partial charge in [0.25, 0.3) is 0 Å². The molecule has 0 fully saturated rings. The van der Waals surface area contributed by atoms with Crippen molar-refractivity contribution in [3.63, 3.8) is 0 Å². The van der Waals surface area contributed by atoms with Crippen molar-refractivity contribution in [3.05, 3.63) is 26.5 Å². The van der Waals surface area contributed by atoms with E-state index in [9.17, 15) is 4.39 Å². The first-order valence-electron chi connectivity index (χ1n) is 4.18. The third-order valence-corrected chi connectivity index (χ3v) is 3.18. The highest BCUT2D eigenvalue weighted by Gasteiger charge is 2.07. The summed E-state index contributed by atoms with van der Waals surface area (Å²) in [4.78, 5) is 0. The van der Waals surface area contributed by atoms with Gasteiger partial charge in [0.2, 0.25) is 5.71 Å². The maximum atomic E-state index is 13.4. The molecule has 0 aromatic heterocycles. The summed E-state index contributed by atoms with van der Waals surface area (Å²) in [6.45, 7) is 0. The molecule has 0 spiro atoms. The molecule has 0 unspecified atom stereocenters. The number of amidine groups is 1. The molecule has 1 aromatic rings. The van der Waals surface area contributed by atoms with Crippen LogP contribution in [0.1, 0.15) is 0 Å². The minimum atomic E-state index is -0.611. The van der Waals surface area contributed by atoms with Crippen molar-refractivity contribution in [2.45, 2.75) is 0 Å². The van der Waals surface area contributed by atoms with E-state index in [1.54, 1.807) is 6.07 Å². The van der Waals surface area contributed by atoms with Crippen molar-refractivity contribution in [2.24, 2.45) is 10.8 Å². The molecule has 0 saturated heterocycles. The Morgan fingerprint density at radius 2 is 2.29 bits per heavy atom. The summed E-state index contributed by atoms with van der Waals surface area (Å²) in [5.74, 6) is -1.11. The number of rotatable bonds is 3. The summed E-state index contributed by atoms with van der Waals surface area (Å²) >= 11 is 7.64. The molecule has 0 aliphatic carbocycles. The highest BCUT2D eigenvalue weighted by molar-refractivity contribution is 14.1. The van der Waals surface area contributed by atoms with Crippen LogP contribution in [-0.2, 0) is 0 Å². The first kappa shape index (κ1) is 13.7. The summed E-state index contributed by atoms with van der Waals surface area (Å²) in [6.07, 6.45) is 0. The number of nitrogens with one attached hydrogen (secondary N) is 2. The van der Waals surface area contributed by atoms with Crippen molar-refractivity contribution in [1.29, 1.82) is 10.7 Å². The smallest absolute Gasteiger partial charge is 0.201 e. The van der Waals surface area contributed by atoms with Gasteiger partial charge in [-0.15, -0.1) is 0 Å². The molecule has 0 saturated carbocycles. The van der Waals surface area contributed by atoms with Crippen molar-refractivity contribution >= 4 is 51.4 Å². The van der Waals surface area contributed by atoms with Crippen LogP contribution in [0.4, 0.5) is 10.1 Å². The van der Waals surface area contributed by atoms with Gasteiger partial charge in [0.15, 0.2) is 5.84 Å². The van der Waals surface area contributed by atoms with Gasteiger partial charge in [-0.2, -0.15) is 10.4 Å². The number of anilines is 1. The molecule has 4 N–H and O–H groups in total. The molecule has 1 rings (SSSR count). The first-order chi connectivity index (χ1) is 7.95. The average molecular weight is 366 g/mol. The van der Waals surface area contributed by atoms with Crippen LogP contribution in [0, 0.1) is 26.1 Å². The van der Waals surface area contributed by atoms with Crippen LogP contribution >= 0.6 is 34.2 Å². The lowest BCUT2D eigenvalue weighted by Crippen LogP contribution is -2.22. The lowest BCUT2D eigenvalue weighted by molar-refractivity contribution is 0.630. The Hall–Kier alpha value is -1.40. The van der Waals surface area contributed by atoms with E-state index in [0.717, 1.165) is 6.07 Å². The van der Waals surface area contributed by atoms with Crippen LogP contribution in [0.5, 0.6) is 0 Å². The number of benzene rings is 1. The van der Waals surface area contributed by atoms with Gasteiger partial charge in [-0.05, 0) is 34.7 Å². The van der Waals surface area contributed by atoms with Crippen LogP contribution < -0.4 is 11.2 Å². The zero-order valence-electron chi connectivity index (χ0n) is 8.26. The number of nitriles is 1. The van der Waals surface area contributed by atoms with E-state index in [0.29, 0.717) is 3.57 Å². The van der Waals surface area contributed by atoms with E-state index in [2.05, 4.69) is 10.5 Å². The summed E-state index contributed by atoms with van der Waals surface area (Å²) in [5, 5.41) is 19.4.